The summed E-state index contributed by atoms with van der Waals surface area (Å²) in [5.74, 6) is 1.38. The second-order valence-corrected chi connectivity index (χ2v) is 8.79. The molecule has 2 heterocycles. The number of benzene rings is 2. The number of aryl methyl sites for hydroxylation is 2. The van der Waals surface area contributed by atoms with Gasteiger partial charge in [0.05, 0.1) is 11.1 Å². The molecule has 2 aromatic heterocycles. The minimum absolute atomic E-state index is 0.0353. The highest BCUT2D eigenvalue weighted by Crippen LogP contribution is 2.40. The fourth-order valence-electron chi connectivity index (χ4n) is 4.14. The highest BCUT2D eigenvalue weighted by Gasteiger charge is 2.38. The van der Waals surface area contributed by atoms with Gasteiger partial charge in [-0.05, 0) is 58.5 Å². The van der Waals surface area contributed by atoms with Gasteiger partial charge < -0.3 is 9.26 Å². The van der Waals surface area contributed by atoms with Gasteiger partial charge in [-0.1, -0.05) is 57.8 Å². The SMILES string of the molecule is CCCc1cc2c(C(F)(F)F)noc2c(CCC)c1OCc1nnnn1-c1ccc(C(C)C)cc1. The van der Waals surface area contributed by atoms with Crippen molar-refractivity contribution in [3.05, 3.63) is 58.5 Å². The Bertz CT molecular complexity index is 1290. The van der Waals surface area contributed by atoms with E-state index in [9.17, 15) is 13.2 Å². The highest BCUT2D eigenvalue weighted by atomic mass is 19.4. The average molecular weight is 488 g/mol. The lowest BCUT2D eigenvalue weighted by Crippen LogP contribution is -2.10. The second kappa shape index (κ2) is 10.1. The molecule has 0 unspecified atom stereocenters. The van der Waals surface area contributed by atoms with Crippen molar-refractivity contribution in [2.24, 2.45) is 0 Å². The van der Waals surface area contributed by atoms with Gasteiger partial charge in [-0.25, -0.2) is 0 Å². The van der Waals surface area contributed by atoms with Crippen LogP contribution in [0.5, 0.6) is 5.75 Å². The van der Waals surface area contributed by atoms with Crippen molar-refractivity contribution < 1.29 is 22.4 Å². The number of tetrazole rings is 1. The molecule has 0 saturated carbocycles. The normalized spacial score (nSPS) is 12.1. The van der Waals surface area contributed by atoms with Crippen LogP contribution in [0.4, 0.5) is 13.2 Å². The maximum absolute atomic E-state index is 13.5. The predicted molar refractivity (Wildman–Crippen MR) is 125 cm³/mol. The zero-order valence-corrected chi connectivity index (χ0v) is 20.2. The summed E-state index contributed by atoms with van der Waals surface area (Å²) in [4.78, 5) is 0. The van der Waals surface area contributed by atoms with Crippen LogP contribution in [-0.4, -0.2) is 25.4 Å². The van der Waals surface area contributed by atoms with E-state index in [-0.39, 0.29) is 17.6 Å². The number of aromatic nitrogens is 5. The first kappa shape index (κ1) is 24.7. The van der Waals surface area contributed by atoms with Crippen LogP contribution in [0.15, 0.2) is 34.9 Å². The predicted octanol–water partition coefficient (Wildman–Crippen LogP) is 6.43. The summed E-state index contributed by atoms with van der Waals surface area (Å²) in [6.45, 7) is 8.20. The molecule has 0 aliphatic carbocycles. The van der Waals surface area contributed by atoms with Crippen LogP contribution in [-0.2, 0) is 25.6 Å². The number of halogens is 3. The van der Waals surface area contributed by atoms with E-state index in [1.165, 1.54) is 11.6 Å². The number of hydrogen-bond acceptors (Lipinski definition) is 6. The Labute approximate surface area is 201 Å². The molecule has 0 N–H and O–H groups in total. The molecule has 7 nitrogen and oxygen atoms in total. The van der Waals surface area contributed by atoms with Crippen LogP contribution in [0.3, 0.4) is 0 Å². The summed E-state index contributed by atoms with van der Waals surface area (Å²) in [7, 11) is 0. The molecule has 0 aliphatic heterocycles. The van der Waals surface area contributed by atoms with Crippen molar-refractivity contribution in [2.75, 3.05) is 0 Å². The van der Waals surface area contributed by atoms with Crippen molar-refractivity contribution >= 4 is 11.0 Å². The second-order valence-electron chi connectivity index (χ2n) is 8.79. The number of fused-ring (bicyclic) bond motifs is 1. The summed E-state index contributed by atoms with van der Waals surface area (Å²) < 4.78 is 53.6. The fraction of sp³-hybridized carbons (Fsp3) is 0.440. The van der Waals surface area contributed by atoms with Crippen molar-refractivity contribution in [1.82, 2.24) is 25.4 Å². The van der Waals surface area contributed by atoms with Gasteiger partial charge in [0.25, 0.3) is 0 Å². The van der Waals surface area contributed by atoms with Gasteiger partial charge in [0.15, 0.2) is 17.1 Å². The molecule has 186 valence electrons. The number of ether oxygens (including phenoxy) is 1. The Kier molecular flexibility index (Phi) is 7.09. The Hall–Kier alpha value is -3.43. The van der Waals surface area contributed by atoms with Gasteiger partial charge in [-0.15, -0.1) is 5.10 Å². The van der Waals surface area contributed by atoms with Crippen LogP contribution in [0.2, 0.25) is 0 Å². The monoisotopic (exact) mass is 487 g/mol. The van der Waals surface area contributed by atoms with E-state index in [2.05, 4.69) is 34.5 Å². The van der Waals surface area contributed by atoms with Crippen molar-refractivity contribution in [3.63, 3.8) is 0 Å². The molecule has 0 spiro atoms. The minimum Gasteiger partial charge on any atom is -0.485 e. The first-order chi connectivity index (χ1) is 16.7. The van der Waals surface area contributed by atoms with Crippen LogP contribution in [0, 0.1) is 0 Å². The van der Waals surface area contributed by atoms with E-state index >= 15 is 0 Å². The average Bonchev–Trinajstić information content (AvgIpc) is 3.46. The maximum atomic E-state index is 13.5. The van der Waals surface area contributed by atoms with Gasteiger partial charge in [-0.2, -0.15) is 17.9 Å². The van der Waals surface area contributed by atoms with Gasteiger partial charge in [0.1, 0.15) is 12.4 Å². The molecular formula is C25H28F3N5O2. The van der Waals surface area contributed by atoms with Crippen molar-refractivity contribution in [3.8, 4) is 11.4 Å². The molecule has 4 aromatic rings. The molecule has 0 bridgehead atoms. The van der Waals surface area contributed by atoms with E-state index < -0.39 is 11.9 Å². The van der Waals surface area contributed by atoms with E-state index in [0.29, 0.717) is 47.9 Å². The Morgan fingerprint density at radius 3 is 2.40 bits per heavy atom. The van der Waals surface area contributed by atoms with Crippen molar-refractivity contribution in [1.29, 1.82) is 0 Å². The first-order valence-corrected chi connectivity index (χ1v) is 11.8. The summed E-state index contributed by atoms with van der Waals surface area (Å²) >= 11 is 0. The molecule has 0 aliphatic rings. The third-order valence-electron chi connectivity index (χ3n) is 5.86. The Morgan fingerprint density at radius 1 is 1.06 bits per heavy atom. The molecule has 2 aromatic carbocycles. The minimum atomic E-state index is -4.60. The third kappa shape index (κ3) is 5.01. The highest BCUT2D eigenvalue weighted by molar-refractivity contribution is 5.86. The quantitative estimate of drug-likeness (QED) is 0.271. The standard InChI is InChI=1S/C25H28F3N5O2/c1-5-7-17-13-20-23(35-30-24(20)25(26,27)28)19(8-6-2)22(17)34-14-21-29-31-32-33(21)18-11-9-16(10-12-18)15(3)4/h9-13,15H,5-8,14H2,1-4H3. The van der Waals surface area contributed by atoms with Crippen LogP contribution >= 0.6 is 0 Å². The smallest absolute Gasteiger partial charge is 0.437 e. The van der Waals surface area contributed by atoms with Crippen LogP contribution in [0.25, 0.3) is 16.7 Å². The van der Waals surface area contributed by atoms with Gasteiger partial charge in [0, 0.05) is 5.56 Å². The van der Waals surface area contributed by atoms with E-state index in [1.54, 1.807) is 4.68 Å². The number of hydrogen-bond donors (Lipinski definition) is 0. The van der Waals surface area contributed by atoms with Crippen molar-refractivity contribution in [2.45, 2.75) is 72.1 Å². The largest absolute Gasteiger partial charge is 0.485 e. The zero-order chi connectivity index (χ0) is 25.2. The lowest BCUT2D eigenvalue weighted by atomic mass is 9.97. The molecule has 35 heavy (non-hydrogen) atoms. The Balaban J connectivity index is 1.71. The zero-order valence-electron chi connectivity index (χ0n) is 20.2. The molecule has 0 fully saturated rings. The molecule has 10 heteroatoms. The maximum Gasteiger partial charge on any atom is 0.437 e. The van der Waals surface area contributed by atoms with Crippen LogP contribution in [0.1, 0.15) is 74.7 Å². The van der Waals surface area contributed by atoms with E-state index in [4.69, 9.17) is 9.26 Å². The number of nitrogens with zero attached hydrogens (tertiary/aromatic N) is 5. The summed E-state index contributed by atoms with van der Waals surface area (Å²) in [5.41, 5.74) is 2.35. The lowest BCUT2D eigenvalue weighted by Gasteiger charge is -2.16. The Morgan fingerprint density at radius 2 is 1.77 bits per heavy atom. The number of alkyl halides is 3. The molecule has 4 rings (SSSR count). The summed E-state index contributed by atoms with van der Waals surface area (Å²) in [5, 5.41) is 15.3. The number of rotatable bonds is 9. The van der Waals surface area contributed by atoms with Gasteiger partial charge in [0.2, 0.25) is 0 Å². The first-order valence-electron chi connectivity index (χ1n) is 11.8. The topological polar surface area (TPSA) is 78.9 Å². The van der Waals surface area contributed by atoms with E-state index in [0.717, 1.165) is 12.1 Å². The summed E-state index contributed by atoms with van der Waals surface area (Å²) in [6, 6.07) is 9.43. The van der Waals surface area contributed by atoms with Gasteiger partial charge >= 0.3 is 6.18 Å². The summed E-state index contributed by atoms with van der Waals surface area (Å²) in [6.07, 6.45) is -2.14. The third-order valence-corrected chi connectivity index (χ3v) is 5.86. The lowest BCUT2D eigenvalue weighted by molar-refractivity contribution is -0.141. The fourth-order valence-corrected chi connectivity index (χ4v) is 4.14. The molecule has 0 saturated heterocycles. The molecule has 0 amide bonds. The van der Waals surface area contributed by atoms with Gasteiger partial charge in [-0.3, -0.25) is 0 Å². The molecule has 0 radical (unpaired) electrons. The van der Waals surface area contributed by atoms with Crippen LogP contribution < -0.4 is 4.74 Å². The molecular weight excluding hydrogens is 459 g/mol. The molecule has 0 atom stereocenters. The van der Waals surface area contributed by atoms with E-state index in [1.807, 2.05) is 38.1 Å².